The Hall–Kier alpha value is -1.07. The van der Waals surface area contributed by atoms with Gasteiger partial charge in [-0.2, -0.15) is 0 Å². The van der Waals surface area contributed by atoms with Crippen LogP contribution in [0.25, 0.3) is 0 Å². The molecule has 1 aromatic carbocycles. The second kappa shape index (κ2) is 7.50. The first-order valence-electron chi connectivity index (χ1n) is 5.89. The van der Waals surface area contributed by atoms with Crippen molar-refractivity contribution in [2.24, 2.45) is 5.92 Å². The number of hydrogen-bond acceptors (Lipinski definition) is 2. The average Bonchev–Trinajstić information content (AvgIpc) is 2.33. The van der Waals surface area contributed by atoms with Gasteiger partial charge in [-0.05, 0) is 24.1 Å². The van der Waals surface area contributed by atoms with Gasteiger partial charge in [-0.15, -0.1) is 0 Å². The van der Waals surface area contributed by atoms with Crippen LogP contribution in [0.5, 0.6) is 0 Å². The van der Waals surface area contributed by atoms with E-state index in [-0.39, 0.29) is 18.2 Å². The molecule has 0 bridgehead atoms. The van der Waals surface area contributed by atoms with Gasteiger partial charge in [0.2, 0.25) is 0 Å². The molecule has 1 amide bonds. The molecule has 1 rings (SSSR count). The molecule has 0 saturated carbocycles. The summed E-state index contributed by atoms with van der Waals surface area (Å²) in [5, 5.41) is 11.8. The molecule has 6 heteroatoms. The van der Waals surface area contributed by atoms with Crippen molar-refractivity contribution < 1.29 is 14.7 Å². The van der Waals surface area contributed by atoms with Gasteiger partial charge in [0.1, 0.15) is 0 Å². The fourth-order valence-corrected chi connectivity index (χ4v) is 2.37. The predicted molar refractivity (Wildman–Crippen MR) is 77.5 cm³/mol. The highest BCUT2D eigenvalue weighted by atomic mass is 79.9. The summed E-state index contributed by atoms with van der Waals surface area (Å²) in [6.07, 6.45) is 0.742. The Bertz CT molecular complexity index is 479. The molecule has 0 spiro atoms. The van der Waals surface area contributed by atoms with E-state index in [1.54, 1.807) is 18.2 Å². The molecule has 0 aromatic heterocycles. The maximum Gasteiger partial charge on any atom is 0.303 e. The highest BCUT2D eigenvalue weighted by molar-refractivity contribution is 9.10. The molecule has 19 heavy (non-hydrogen) atoms. The lowest BCUT2D eigenvalue weighted by Crippen LogP contribution is -2.30. The van der Waals surface area contributed by atoms with E-state index >= 15 is 0 Å². The van der Waals surface area contributed by atoms with Gasteiger partial charge >= 0.3 is 5.97 Å². The molecule has 1 atom stereocenters. The Labute approximate surface area is 125 Å². The minimum atomic E-state index is -0.859. The van der Waals surface area contributed by atoms with E-state index < -0.39 is 5.97 Å². The quantitative estimate of drug-likeness (QED) is 0.828. The number of aliphatic carboxylic acids is 1. The number of benzene rings is 1. The van der Waals surface area contributed by atoms with Crippen molar-refractivity contribution in [1.29, 1.82) is 0 Å². The molecule has 4 nitrogen and oxygen atoms in total. The van der Waals surface area contributed by atoms with Gasteiger partial charge in [0, 0.05) is 17.4 Å². The minimum absolute atomic E-state index is 0.0465. The first kappa shape index (κ1) is 16.0. The Balaban J connectivity index is 2.61. The van der Waals surface area contributed by atoms with E-state index in [1.165, 1.54) is 0 Å². The maximum atomic E-state index is 11.9. The highest BCUT2D eigenvalue weighted by Crippen LogP contribution is 2.21. The van der Waals surface area contributed by atoms with E-state index in [1.807, 2.05) is 6.92 Å². The zero-order chi connectivity index (χ0) is 14.4. The van der Waals surface area contributed by atoms with Crippen LogP contribution in [-0.2, 0) is 4.79 Å². The molecule has 2 N–H and O–H groups in total. The number of amides is 1. The number of hydrogen-bond donors (Lipinski definition) is 2. The number of carbonyl (C=O) groups excluding carboxylic acids is 1. The number of rotatable bonds is 6. The molecule has 0 radical (unpaired) electrons. The van der Waals surface area contributed by atoms with Crippen molar-refractivity contribution in [1.82, 2.24) is 5.32 Å². The van der Waals surface area contributed by atoms with Gasteiger partial charge < -0.3 is 10.4 Å². The summed E-state index contributed by atoms with van der Waals surface area (Å²) in [5.41, 5.74) is 0.384. The Morgan fingerprint density at radius 2 is 2.16 bits per heavy atom. The van der Waals surface area contributed by atoms with E-state index in [2.05, 4.69) is 21.2 Å². The van der Waals surface area contributed by atoms with Gasteiger partial charge in [0.05, 0.1) is 10.6 Å². The molecule has 1 aromatic rings. The maximum absolute atomic E-state index is 11.9. The third-order valence-electron chi connectivity index (χ3n) is 2.77. The van der Waals surface area contributed by atoms with E-state index in [9.17, 15) is 9.59 Å². The molecule has 0 fully saturated rings. The van der Waals surface area contributed by atoms with Crippen molar-refractivity contribution in [3.05, 3.63) is 33.3 Å². The van der Waals surface area contributed by atoms with Crippen LogP contribution < -0.4 is 5.32 Å². The predicted octanol–water partition coefficient (Wildman–Crippen LogP) is 3.33. The molecule has 1 unspecified atom stereocenters. The van der Waals surface area contributed by atoms with Crippen LogP contribution >= 0.6 is 27.5 Å². The smallest absolute Gasteiger partial charge is 0.303 e. The molecule has 0 aliphatic rings. The number of halogens is 2. The standard InChI is InChI=1S/C13H15BrClNO3/c1-2-8(5-12(17)18)7-16-13(19)10-4-3-9(14)6-11(10)15/h3-4,6,8H,2,5,7H2,1H3,(H,16,19)(H,17,18). The highest BCUT2D eigenvalue weighted by Gasteiger charge is 2.15. The minimum Gasteiger partial charge on any atom is -0.481 e. The van der Waals surface area contributed by atoms with Gasteiger partial charge in [-0.25, -0.2) is 0 Å². The average molecular weight is 349 g/mol. The van der Waals surface area contributed by atoms with E-state index in [0.29, 0.717) is 23.6 Å². The Morgan fingerprint density at radius 3 is 2.68 bits per heavy atom. The Kier molecular flexibility index (Phi) is 6.31. The van der Waals surface area contributed by atoms with Crippen molar-refractivity contribution in [2.45, 2.75) is 19.8 Å². The fraction of sp³-hybridized carbons (Fsp3) is 0.385. The lowest BCUT2D eigenvalue weighted by atomic mass is 10.0. The summed E-state index contributed by atoms with van der Waals surface area (Å²) in [6, 6.07) is 5.00. The summed E-state index contributed by atoms with van der Waals surface area (Å²) < 4.78 is 0.798. The summed E-state index contributed by atoms with van der Waals surface area (Å²) in [5.74, 6) is -1.22. The summed E-state index contributed by atoms with van der Waals surface area (Å²) >= 11 is 9.24. The number of nitrogens with one attached hydrogen (secondary N) is 1. The van der Waals surface area contributed by atoms with Gasteiger partial charge in [-0.1, -0.05) is 40.9 Å². The van der Waals surface area contributed by atoms with Crippen LogP contribution in [0.4, 0.5) is 0 Å². The zero-order valence-corrected chi connectivity index (χ0v) is 12.8. The van der Waals surface area contributed by atoms with Crippen LogP contribution in [0.15, 0.2) is 22.7 Å². The first-order chi connectivity index (χ1) is 8.93. The van der Waals surface area contributed by atoms with Gasteiger partial charge in [0.15, 0.2) is 0 Å². The fourth-order valence-electron chi connectivity index (χ4n) is 1.61. The lowest BCUT2D eigenvalue weighted by Gasteiger charge is -2.14. The van der Waals surface area contributed by atoms with Crippen molar-refractivity contribution in [3.63, 3.8) is 0 Å². The summed E-state index contributed by atoms with van der Waals surface area (Å²) in [7, 11) is 0. The van der Waals surface area contributed by atoms with Gasteiger partial charge in [0.25, 0.3) is 5.91 Å². The molecule has 0 aliphatic carbocycles. The first-order valence-corrected chi connectivity index (χ1v) is 7.06. The molecule has 104 valence electrons. The van der Waals surface area contributed by atoms with Crippen molar-refractivity contribution >= 4 is 39.4 Å². The Morgan fingerprint density at radius 1 is 1.47 bits per heavy atom. The number of carboxylic acids is 1. The topological polar surface area (TPSA) is 66.4 Å². The lowest BCUT2D eigenvalue weighted by molar-refractivity contribution is -0.138. The molecule has 0 heterocycles. The second-order valence-electron chi connectivity index (χ2n) is 4.21. The molecular weight excluding hydrogens is 334 g/mol. The molecular formula is C13H15BrClNO3. The third kappa shape index (κ3) is 5.20. The SMILES string of the molecule is CCC(CNC(=O)c1ccc(Br)cc1Cl)CC(=O)O. The van der Waals surface area contributed by atoms with Crippen LogP contribution in [0, 0.1) is 5.92 Å². The largest absolute Gasteiger partial charge is 0.481 e. The second-order valence-corrected chi connectivity index (χ2v) is 5.53. The monoisotopic (exact) mass is 347 g/mol. The van der Waals surface area contributed by atoms with E-state index in [4.69, 9.17) is 16.7 Å². The third-order valence-corrected chi connectivity index (χ3v) is 3.57. The van der Waals surface area contributed by atoms with E-state index in [0.717, 1.165) is 4.47 Å². The number of carbonyl (C=O) groups is 2. The summed E-state index contributed by atoms with van der Waals surface area (Å²) in [4.78, 5) is 22.6. The normalized spacial score (nSPS) is 11.9. The van der Waals surface area contributed by atoms with Crippen molar-refractivity contribution in [3.8, 4) is 0 Å². The van der Waals surface area contributed by atoms with Crippen LogP contribution in [0.3, 0.4) is 0 Å². The van der Waals surface area contributed by atoms with Crippen molar-refractivity contribution in [2.75, 3.05) is 6.54 Å². The molecule has 0 aliphatic heterocycles. The van der Waals surface area contributed by atoms with Crippen LogP contribution in [-0.4, -0.2) is 23.5 Å². The van der Waals surface area contributed by atoms with Crippen LogP contribution in [0.1, 0.15) is 30.1 Å². The van der Waals surface area contributed by atoms with Crippen LogP contribution in [0.2, 0.25) is 5.02 Å². The summed E-state index contributed by atoms with van der Waals surface area (Å²) in [6.45, 7) is 2.22. The molecule has 0 saturated heterocycles. The zero-order valence-electron chi connectivity index (χ0n) is 10.5. The van der Waals surface area contributed by atoms with Gasteiger partial charge in [-0.3, -0.25) is 9.59 Å². The number of carboxylic acid groups (broad SMARTS) is 1.